The molecule has 0 saturated carbocycles. The largest absolute Gasteiger partial charge is 0.383 e. The van der Waals surface area contributed by atoms with Gasteiger partial charge in [0.15, 0.2) is 11.6 Å². The molecule has 3 nitrogen and oxygen atoms in total. The molecule has 0 radical (unpaired) electrons. The maximum atomic E-state index is 13.8. The molecule has 0 amide bonds. The second-order valence-electron chi connectivity index (χ2n) is 4.68. The average molecular weight is 356 g/mol. The molecule has 1 heterocycles. The van der Waals surface area contributed by atoms with Gasteiger partial charge >= 0.3 is 0 Å². The third-order valence-corrected chi connectivity index (χ3v) is 4.12. The average Bonchev–Trinajstić information content (AvgIpc) is 2.44. The fourth-order valence-corrected chi connectivity index (χ4v) is 2.85. The van der Waals surface area contributed by atoms with Crippen molar-refractivity contribution < 1.29 is 8.78 Å². The van der Waals surface area contributed by atoms with Gasteiger partial charge in [0.05, 0.1) is 10.5 Å². The summed E-state index contributed by atoms with van der Waals surface area (Å²) in [7, 11) is 0. The molecule has 0 spiro atoms. The molecule has 0 saturated heterocycles. The van der Waals surface area contributed by atoms with Crippen LogP contribution >= 0.6 is 15.9 Å². The predicted octanol–water partition coefficient (Wildman–Crippen LogP) is 3.71. The molecule has 1 atom stereocenters. The van der Waals surface area contributed by atoms with Crippen molar-refractivity contribution >= 4 is 21.7 Å². The summed E-state index contributed by atoms with van der Waals surface area (Å²) in [6, 6.07) is 4.13. The van der Waals surface area contributed by atoms with Crippen LogP contribution in [0.3, 0.4) is 0 Å². The quantitative estimate of drug-likeness (QED) is 0.822. The van der Waals surface area contributed by atoms with E-state index in [4.69, 9.17) is 5.73 Å². The van der Waals surface area contributed by atoms with Crippen molar-refractivity contribution in [2.75, 3.05) is 12.3 Å². The Morgan fingerprint density at radius 1 is 1.33 bits per heavy atom. The van der Waals surface area contributed by atoms with Crippen LogP contribution in [0, 0.1) is 18.6 Å². The molecule has 3 N–H and O–H groups in total. The van der Waals surface area contributed by atoms with Gasteiger partial charge in [0.2, 0.25) is 0 Å². The van der Waals surface area contributed by atoms with Gasteiger partial charge in [0.25, 0.3) is 0 Å². The molecular weight excluding hydrogens is 340 g/mol. The summed E-state index contributed by atoms with van der Waals surface area (Å²) in [6.45, 7) is 4.48. The Labute approximate surface area is 130 Å². The van der Waals surface area contributed by atoms with Crippen molar-refractivity contribution in [3.8, 4) is 0 Å². The first-order chi connectivity index (χ1) is 9.97. The SMILES string of the molecule is CCNC(c1ccc(F)c(F)c1Br)c1c(C)ccnc1N. The Kier molecular flexibility index (Phi) is 4.90. The highest BCUT2D eigenvalue weighted by Gasteiger charge is 2.23. The first-order valence-corrected chi connectivity index (χ1v) is 7.34. The van der Waals surface area contributed by atoms with Crippen molar-refractivity contribution in [2.24, 2.45) is 0 Å². The minimum atomic E-state index is -0.907. The van der Waals surface area contributed by atoms with Crippen LogP contribution in [0.5, 0.6) is 0 Å². The van der Waals surface area contributed by atoms with Crippen LogP contribution < -0.4 is 11.1 Å². The molecule has 112 valence electrons. The van der Waals surface area contributed by atoms with Gasteiger partial charge in [-0.25, -0.2) is 13.8 Å². The van der Waals surface area contributed by atoms with Crippen LogP contribution in [0.1, 0.15) is 29.7 Å². The normalized spacial score (nSPS) is 12.4. The van der Waals surface area contributed by atoms with E-state index in [9.17, 15) is 8.78 Å². The summed E-state index contributed by atoms with van der Waals surface area (Å²) in [5, 5.41) is 3.25. The molecule has 0 bridgehead atoms. The number of hydrogen-bond acceptors (Lipinski definition) is 3. The number of nitrogen functional groups attached to an aromatic ring is 1. The van der Waals surface area contributed by atoms with Crippen LogP contribution in [0.25, 0.3) is 0 Å². The summed E-state index contributed by atoms with van der Waals surface area (Å²) in [4.78, 5) is 4.09. The summed E-state index contributed by atoms with van der Waals surface area (Å²) < 4.78 is 27.2. The highest BCUT2D eigenvalue weighted by atomic mass is 79.9. The third-order valence-electron chi connectivity index (χ3n) is 3.31. The van der Waals surface area contributed by atoms with E-state index in [1.165, 1.54) is 0 Å². The lowest BCUT2D eigenvalue weighted by Gasteiger charge is -2.23. The number of nitrogens with zero attached hydrogens (tertiary/aromatic N) is 1. The van der Waals surface area contributed by atoms with Crippen molar-refractivity contribution in [1.29, 1.82) is 0 Å². The predicted molar refractivity (Wildman–Crippen MR) is 83.0 cm³/mol. The summed E-state index contributed by atoms with van der Waals surface area (Å²) in [5.41, 5.74) is 8.26. The van der Waals surface area contributed by atoms with Crippen LogP contribution in [0.4, 0.5) is 14.6 Å². The van der Waals surface area contributed by atoms with Crippen molar-refractivity contribution in [3.63, 3.8) is 0 Å². The molecule has 0 aliphatic carbocycles. The van der Waals surface area contributed by atoms with E-state index >= 15 is 0 Å². The van der Waals surface area contributed by atoms with Crippen molar-refractivity contribution in [1.82, 2.24) is 10.3 Å². The summed E-state index contributed by atoms with van der Waals surface area (Å²) in [6.07, 6.45) is 1.62. The highest BCUT2D eigenvalue weighted by molar-refractivity contribution is 9.10. The minimum Gasteiger partial charge on any atom is -0.383 e. The Hall–Kier alpha value is -1.53. The van der Waals surface area contributed by atoms with E-state index in [-0.39, 0.29) is 10.5 Å². The zero-order chi connectivity index (χ0) is 15.6. The Morgan fingerprint density at radius 2 is 2.05 bits per heavy atom. The smallest absolute Gasteiger partial charge is 0.173 e. The maximum Gasteiger partial charge on any atom is 0.173 e. The molecule has 2 aromatic rings. The molecule has 6 heteroatoms. The van der Waals surface area contributed by atoms with E-state index in [1.807, 2.05) is 19.9 Å². The van der Waals surface area contributed by atoms with E-state index in [1.54, 1.807) is 12.3 Å². The summed E-state index contributed by atoms with van der Waals surface area (Å²) in [5.74, 6) is -1.43. The van der Waals surface area contributed by atoms with E-state index in [0.29, 0.717) is 17.9 Å². The number of nitrogens with one attached hydrogen (secondary N) is 1. The minimum absolute atomic E-state index is 0.0936. The van der Waals surface area contributed by atoms with Crippen LogP contribution in [-0.4, -0.2) is 11.5 Å². The number of hydrogen-bond donors (Lipinski definition) is 2. The molecule has 2 rings (SSSR count). The summed E-state index contributed by atoms with van der Waals surface area (Å²) >= 11 is 3.13. The molecule has 0 aliphatic heterocycles. The van der Waals surface area contributed by atoms with E-state index < -0.39 is 11.6 Å². The standard InChI is InChI=1S/C15H16BrF2N3/c1-3-20-14(11-8(2)6-7-21-15(11)19)9-4-5-10(17)13(18)12(9)16/h4-7,14,20H,3H2,1-2H3,(H2,19,21). The van der Waals surface area contributed by atoms with Crippen LogP contribution in [0.2, 0.25) is 0 Å². The second-order valence-corrected chi connectivity index (χ2v) is 5.48. The van der Waals surface area contributed by atoms with Gasteiger partial charge in [0.1, 0.15) is 5.82 Å². The number of halogens is 3. The van der Waals surface area contributed by atoms with Crippen LogP contribution in [0.15, 0.2) is 28.9 Å². The first-order valence-electron chi connectivity index (χ1n) is 6.55. The number of pyridine rings is 1. The van der Waals surface area contributed by atoms with Gasteiger partial charge < -0.3 is 11.1 Å². The lowest BCUT2D eigenvalue weighted by atomic mass is 9.95. The fraction of sp³-hybridized carbons (Fsp3) is 0.267. The van der Waals surface area contributed by atoms with Gasteiger partial charge in [-0.1, -0.05) is 13.0 Å². The number of rotatable bonds is 4. The molecule has 1 unspecified atom stereocenters. The molecule has 0 fully saturated rings. The van der Waals surface area contributed by atoms with Crippen LogP contribution in [-0.2, 0) is 0 Å². The molecule has 1 aromatic carbocycles. The topological polar surface area (TPSA) is 50.9 Å². The molecule has 21 heavy (non-hydrogen) atoms. The zero-order valence-corrected chi connectivity index (χ0v) is 13.3. The lowest BCUT2D eigenvalue weighted by Crippen LogP contribution is -2.25. The maximum absolute atomic E-state index is 13.8. The Bertz CT molecular complexity index is 641. The van der Waals surface area contributed by atoms with Gasteiger partial charge in [-0.3, -0.25) is 0 Å². The molecule has 1 aromatic heterocycles. The number of anilines is 1. The zero-order valence-electron chi connectivity index (χ0n) is 11.8. The van der Waals surface area contributed by atoms with Crippen molar-refractivity contribution in [2.45, 2.75) is 19.9 Å². The van der Waals surface area contributed by atoms with Gasteiger partial charge in [-0.2, -0.15) is 0 Å². The third kappa shape index (κ3) is 3.06. The number of aryl methyl sites for hydroxylation is 1. The molecule has 0 aliphatic rings. The Morgan fingerprint density at radius 3 is 2.67 bits per heavy atom. The molecular formula is C15H16BrF2N3. The number of aromatic nitrogens is 1. The number of benzene rings is 1. The van der Waals surface area contributed by atoms with Gasteiger partial charge in [-0.15, -0.1) is 0 Å². The monoisotopic (exact) mass is 355 g/mol. The second kappa shape index (κ2) is 6.49. The fourth-order valence-electron chi connectivity index (χ4n) is 2.30. The highest BCUT2D eigenvalue weighted by Crippen LogP contribution is 2.34. The Balaban J connectivity index is 2.62. The van der Waals surface area contributed by atoms with E-state index in [0.717, 1.165) is 17.2 Å². The van der Waals surface area contributed by atoms with Crippen molar-refractivity contribution in [3.05, 3.63) is 57.2 Å². The first kappa shape index (κ1) is 15.9. The lowest BCUT2D eigenvalue weighted by molar-refractivity contribution is 0.498. The van der Waals surface area contributed by atoms with Gasteiger partial charge in [0, 0.05) is 11.8 Å². The number of nitrogens with two attached hydrogens (primary N) is 1. The van der Waals surface area contributed by atoms with Gasteiger partial charge in [-0.05, 0) is 52.7 Å². The van der Waals surface area contributed by atoms with E-state index in [2.05, 4.69) is 26.2 Å².